The molecule has 0 saturated carbocycles. The molecule has 6 nitrogen and oxygen atoms in total. The van der Waals surface area contributed by atoms with E-state index in [1.807, 2.05) is 6.07 Å². The molecule has 3 aromatic rings. The van der Waals surface area contributed by atoms with Crippen LogP contribution in [0.1, 0.15) is 6.42 Å². The molecule has 142 valence electrons. The number of aromatic nitrogens is 3. The van der Waals surface area contributed by atoms with E-state index < -0.39 is 5.82 Å². The fourth-order valence-electron chi connectivity index (χ4n) is 3.24. The molecule has 3 heterocycles. The van der Waals surface area contributed by atoms with Gasteiger partial charge in [0.2, 0.25) is 0 Å². The Morgan fingerprint density at radius 1 is 1.22 bits per heavy atom. The van der Waals surface area contributed by atoms with Crippen molar-refractivity contribution in [3.63, 3.8) is 0 Å². The van der Waals surface area contributed by atoms with Crippen molar-refractivity contribution in [3.05, 3.63) is 47.5 Å². The number of morpholine rings is 1. The Bertz CT molecular complexity index is 926. The number of hydrogen-bond acceptors (Lipinski definition) is 5. The van der Waals surface area contributed by atoms with Crippen LogP contribution in [0.25, 0.3) is 16.8 Å². The first-order chi connectivity index (χ1) is 13.2. The molecule has 0 radical (unpaired) electrons. The molecule has 1 aliphatic heterocycles. The highest BCUT2D eigenvalue weighted by atomic mass is 35.5. The summed E-state index contributed by atoms with van der Waals surface area (Å²) < 4.78 is 20.6. The molecule has 0 atom stereocenters. The number of fused-ring (bicyclic) bond motifs is 1. The van der Waals surface area contributed by atoms with Crippen molar-refractivity contribution in [2.24, 2.45) is 0 Å². The lowest BCUT2D eigenvalue weighted by atomic mass is 10.1. The molecule has 0 aliphatic carbocycles. The molecular weight excluding hydrogens is 369 g/mol. The fourth-order valence-corrected chi connectivity index (χ4v) is 3.42. The smallest absolute Gasteiger partial charge is 0.165 e. The zero-order chi connectivity index (χ0) is 18.6. The van der Waals surface area contributed by atoms with E-state index in [4.69, 9.17) is 16.3 Å². The normalized spacial score (nSPS) is 15.3. The van der Waals surface area contributed by atoms with Gasteiger partial charge in [0, 0.05) is 31.4 Å². The van der Waals surface area contributed by atoms with E-state index in [9.17, 15) is 4.39 Å². The first kappa shape index (κ1) is 18.2. The van der Waals surface area contributed by atoms with E-state index in [1.54, 1.807) is 29.0 Å². The van der Waals surface area contributed by atoms with Crippen LogP contribution in [0, 0.1) is 5.82 Å². The van der Waals surface area contributed by atoms with Crippen LogP contribution in [-0.4, -0.2) is 58.9 Å². The number of halogens is 2. The number of rotatable bonds is 6. The van der Waals surface area contributed by atoms with Gasteiger partial charge in [-0.05, 0) is 36.7 Å². The molecule has 0 spiro atoms. The molecule has 27 heavy (non-hydrogen) atoms. The Morgan fingerprint density at radius 2 is 2.07 bits per heavy atom. The molecule has 1 fully saturated rings. The minimum atomic E-state index is -0.438. The second-order valence-electron chi connectivity index (χ2n) is 6.49. The second-order valence-corrected chi connectivity index (χ2v) is 6.89. The van der Waals surface area contributed by atoms with Gasteiger partial charge in [-0.25, -0.2) is 9.37 Å². The highest BCUT2D eigenvalue weighted by Gasteiger charge is 2.13. The van der Waals surface area contributed by atoms with Gasteiger partial charge in [-0.15, -0.1) is 0 Å². The van der Waals surface area contributed by atoms with Crippen molar-refractivity contribution in [1.82, 2.24) is 19.5 Å². The number of nitrogens with one attached hydrogen (secondary N) is 1. The third-order valence-corrected chi connectivity index (χ3v) is 4.98. The first-order valence-electron chi connectivity index (χ1n) is 9.04. The van der Waals surface area contributed by atoms with Crippen LogP contribution in [0.2, 0.25) is 5.02 Å². The van der Waals surface area contributed by atoms with E-state index >= 15 is 0 Å². The largest absolute Gasteiger partial charge is 0.379 e. The minimum Gasteiger partial charge on any atom is -0.379 e. The topological polar surface area (TPSA) is 54.7 Å². The number of benzene rings is 1. The van der Waals surface area contributed by atoms with Crippen LogP contribution in [0.3, 0.4) is 0 Å². The standard InChI is InChI=1S/C19H21ClFN5O/c20-16-12-14(2-3-17(16)21)15-13-24-26-18(4-6-23-19(15)26)22-5-1-7-25-8-10-27-11-9-25/h2-4,6,12-13,22H,1,5,7-11H2. The van der Waals surface area contributed by atoms with Gasteiger partial charge >= 0.3 is 0 Å². The van der Waals surface area contributed by atoms with Gasteiger partial charge in [-0.2, -0.15) is 9.61 Å². The van der Waals surface area contributed by atoms with Gasteiger partial charge < -0.3 is 10.1 Å². The third-order valence-electron chi connectivity index (χ3n) is 4.69. The molecular formula is C19H21ClFN5O. The Morgan fingerprint density at radius 3 is 2.89 bits per heavy atom. The van der Waals surface area contributed by atoms with E-state index in [1.165, 1.54) is 6.07 Å². The Hall–Kier alpha value is -2.22. The second kappa shape index (κ2) is 8.21. The summed E-state index contributed by atoms with van der Waals surface area (Å²) in [7, 11) is 0. The molecule has 1 saturated heterocycles. The number of hydrogen-bond donors (Lipinski definition) is 1. The lowest BCUT2D eigenvalue weighted by Gasteiger charge is -2.26. The molecule has 8 heteroatoms. The Kier molecular flexibility index (Phi) is 5.52. The van der Waals surface area contributed by atoms with Gasteiger partial charge in [0.1, 0.15) is 11.6 Å². The Labute approximate surface area is 161 Å². The highest BCUT2D eigenvalue weighted by Crippen LogP contribution is 2.28. The van der Waals surface area contributed by atoms with E-state index in [-0.39, 0.29) is 5.02 Å². The average molecular weight is 390 g/mol. The lowest BCUT2D eigenvalue weighted by Crippen LogP contribution is -2.37. The van der Waals surface area contributed by atoms with E-state index in [0.29, 0.717) is 5.65 Å². The zero-order valence-corrected chi connectivity index (χ0v) is 15.6. The van der Waals surface area contributed by atoms with Crippen molar-refractivity contribution < 1.29 is 9.13 Å². The summed E-state index contributed by atoms with van der Waals surface area (Å²) in [5, 5.41) is 7.96. The van der Waals surface area contributed by atoms with Gasteiger partial charge in [-0.1, -0.05) is 17.7 Å². The van der Waals surface area contributed by atoms with Crippen molar-refractivity contribution in [2.45, 2.75) is 6.42 Å². The number of anilines is 1. The molecule has 4 rings (SSSR count). The zero-order valence-electron chi connectivity index (χ0n) is 14.9. The molecule has 1 aliphatic rings. The molecule has 0 bridgehead atoms. The minimum absolute atomic E-state index is 0.0873. The quantitative estimate of drug-likeness (QED) is 0.655. The van der Waals surface area contributed by atoms with Crippen LogP contribution >= 0.6 is 11.6 Å². The average Bonchev–Trinajstić information content (AvgIpc) is 3.13. The number of nitrogens with zero attached hydrogens (tertiary/aromatic N) is 4. The monoisotopic (exact) mass is 389 g/mol. The molecule has 1 N–H and O–H groups in total. The predicted octanol–water partition coefficient (Wildman–Crippen LogP) is 3.32. The van der Waals surface area contributed by atoms with Gasteiger partial charge in [-0.3, -0.25) is 4.90 Å². The van der Waals surface area contributed by atoms with Gasteiger partial charge in [0.05, 0.1) is 24.4 Å². The molecule has 2 aromatic heterocycles. The van der Waals surface area contributed by atoms with Crippen LogP contribution < -0.4 is 5.32 Å². The third kappa shape index (κ3) is 4.05. The van der Waals surface area contributed by atoms with Crippen molar-refractivity contribution in [1.29, 1.82) is 0 Å². The number of ether oxygens (including phenoxy) is 1. The molecule has 0 unspecified atom stereocenters. The molecule has 0 amide bonds. The predicted molar refractivity (Wildman–Crippen MR) is 104 cm³/mol. The lowest BCUT2D eigenvalue weighted by molar-refractivity contribution is 0.0378. The first-order valence-corrected chi connectivity index (χ1v) is 9.42. The van der Waals surface area contributed by atoms with Crippen molar-refractivity contribution in [3.8, 4) is 11.1 Å². The van der Waals surface area contributed by atoms with Crippen LogP contribution in [0.4, 0.5) is 10.2 Å². The molecule has 1 aromatic carbocycles. The summed E-state index contributed by atoms with van der Waals surface area (Å²) in [6.45, 7) is 5.53. The Balaban J connectivity index is 1.46. The summed E-state index contributed by atoms with van der Waals surface area (Å²) in [5.74, 6) is 0.439. The SMILES string of the molecule is Fc1ccc(-c2cnn3c(NCCCN4CCOCC4)ccnc23)cc1Cl. The van der Waals surface area contributed by atoms with Crippen LogP contribution in [-0.2, 0) is 4.74 Å². The van der Waals surface area contributed by atoms with Crippen LogP contribution in [0.15, 0.2) is 36.7 Å². The van der Waals surface area contributed by atoms with Crippen molar-refractivity contribution >= 4 is 23.1 Å². The van der Waals surface area contributed by atoms with E-state index in [0.717, 1.165) is 62.8 Å². The maximum Gasteiger partial charge on any atom is 0.165 e. The summed E-state index contributed by atoms with van der Waals surface area (Å²) in [4.78, 5) is 6.85. The van der Waals surface area contributed by atoms with Crippen LogP contribution in [0.5, 0.6) is 0 Å². The maximum absolute atomic E-state index is 13.4. The summed E-state index contributed by atoms with van der Waals surface area (Å²) >= 11 is 5.91. The van der Waals surface area contributed by atoms with Crippen molar-refractivity contribution in [2.75, 3.05) is 44.7 Å². The van der Waals surface area contributed by atoms with E-state index in [2.05, 4.69) is 20.3 Å². The van der Waals surface area contributed by atoms with Gasteiger partial charge in [0.25, 0.3) is 0 Å². The summed E-state index contributed by atoms with van der Waals surface area (Å²) in [6, 6.07) is 6.53. The van der Waals surface area contributed by atoms with Gasteiger partial charge in [0.15, 0.2) is 5.65 Å². The maximum atomic E-state index is 13.4. The summed E-state index contributed by atoms with van der Waals surface area (Å²) in [5.41, 5.74) is 2.30. The summed E-state index contributed by atoms with van der Waals surface area (Å²) in [6.07, 6.45) is 4.51. The highest BCUT2D eigenvalue weighted by molar-refractivity contribution is 6.31. The fraction of sp³-hybridized carbons (Fsp3) is 0.368.